The normalized spacial score (nSPS) is 18.0. The molecule has 1 unspecified atom stereocenters. The maximum absolute atomic E-state index is 12.9. The monoisotopic (exact) mass is 331 g/mol. The van der Waals surface area contributed by atoms with Gasteiger partial charge in [0.15, 0.2) is 0 Å². The number of aromatic nitrogens is 1. The number of nitrogens with zero attached hydrogens (tertiary/aromatic N) is 2. The molecule has 1 aromatic carbocycles. The molecule has 0 radical (unpaired) electrons. The highest BCUT2D eigenvalue weighted by molar-refractivity contribution is 6.30. The Bertz CT molecular complexity index is 787. The van der Waals surface area contributed by atoms with Gasteiger partial charge in [-0.1, -0.05) is 29.8 Å². The summed E-state index contributed by atoms with van der Waals surface area (Å²) in [6, 6.07) is 12.2. The first-order chi connectivity index (χ1) is 11.1. The first-order valence-electron chi connectivity index (χ1n) is 7.51. The maximum atomic E-state index is 12.9. The molecule has 1 aliphatic heterocycles. The lowest BCUT2D eigenvalue weighted by Crippen LogP contribution is -2.49. The molecule has 0 saturated carbocycles. The number of carbonyl (C=O) groups excluding carboxylic acids is 1. The number of pyridine rings is 1. The molecule has 0 aliphatic carbocycles. The van der Waals surface area contributed by atoms with E-state index in [2.05, 4.69) is 5.32 Å². The van der Waals surface area contributed by atoms with E-state index in [1.165, 1.54) is 10.6 Å². The molecule has 120 valence electrons. The molecule has 23 heavy (non-hydrogen) atoms. The molecular weight excluding hydrogens is 314 g/mol. The minimum atomic E-state index is -0.190. The molecule has 2 heterocycles. The summed E-state index contributed by atoms with van der Waals surface area (Å²) in [5.74, 6) is -0.142. The second-order valence-electron chi connectivity index (χ2n) is 5.58. The Morgan fingerprint density at radius 1 is 1.26 bits per heavy atom. The van der Waals surface area contributed by atoms with E-state index in [0.29, 0.717) is 23.8 Å². The van der Waals surface area contributed by atoms with Crippen molar-refractivity contribution in [1.29, 1.82) is 0 Å². The van der Waals surface area contributed by atoms with Gasteiger partial charge in [0, 0.05) is 37.8 Å². The first-order valence-corrected chi connectivity index (χ1v) is 7.89. The highest BCUT2D eigenvalue weighted by Gasteiger charge is 2.29. The molecule has 2 aromatic rings. The van der Waals surface area contributed by atoms with Gasteiger partial charge in [-0.3, -0.25) is 9.59 Å². The zero-order chi connectivity index (χ0) is 16.4. The van der Waals surface area contributed by atoms with Crippen LogP contribution in [0.3, 0.4) is 0 Å². The van der Waals surface area contributed by atoms with Crippen LogP contribution in [0.25, 0.3) is 0 Å². The quantitative estimate of drug-likeness (QED) is 0.913. The molecule has 0 bridgehead atoms. The van der Waals surface area contributed by atoms with E-state index in [9.17, 15) is 9.59 Å². The topological polar surface area (TPSA) is 54.3 Å². The van der Waals surface area contributed by atoms with Gasteiger partial charge >= 0.3 is 0 Å². The van der Waals surface area contributed by atoms with E-state index in [-0.39, 0.29) is 17.5 Å². The third kappa shape index (κ3) is 3.16. The third-order valence-corrected chi connectivity index (χ3v) is 4.38. The van der Waals surface area contributed by atoms with Crippen molar-refractivity contribution in [3.05, 3.63) is 69.1 Å². The van der Waals surface area contributed by atoms with Gasteiger partial charge in [-0.15, -0.1) is 0 Å². The van der Waals surface area contributed by atoms with Gasteiger partial charge in [-0.25, -0.2) is 0 Å². The summed E-state index contributed by atoms with van der Waals surface area (Å²) < 4.78 is 1.39. The van der Waals surface area contributed by atoms with Gasteiger partial charge in [-0.05, 0) is 23.8 Å². The number of amides is 1. The molecule has 1 fully saturated rings. The first kappa shape index (κ1) is 15.8. The van der Waals surface area contributed by atoms with Crippen LogP contribution in [-0.4, -0.2) is 35.0 Å². The van der Waals surface area contributed by atoms with Crippen molar-refractivity contribution in [2.75, 3.05) is 19.6 Å². The van der Waals surface area contributed by atoms with Crippen LogP contribution in [0.15, 0.2) is 47.3 Å². The Morgan fingerprint density at radius 3 is 2.83 bits per heavy atom. The lowest BCUT2D eigenvalue weighted by Gasteiger charge is -2.36. The maximum Gasteiger partial charge on any atom is 0.271 e. The smallest absolute Gasteiger partial charge is 0.271 e. The summed E-state index contributed by atoms with van der Waals surface area (Å²) >= 11 is 6.09. The predicted molar refractivity (Wildman–Crippen MR) is 89.8 cm³/mol. The number of carbonyl (C=O) groups is 1. The van der Waals surface area contributed by atoms with Gasteiger partial charge in [0.05, 0.1) is 6.04 Å². The van der Waals surface area contributed by atoms with Crippen molar-refractivity contribution in [1.82, 2.24) is 14.8 Å². The van der Waals surface area contributed by atoms with Gasteiger partial charge in [-0.2, -0.15) is 0 Å². The number of hydrogen-bond acceptors (Lipinski definition) is 3. The Labute approximate surface area is 139 Å². The molecule has 3 rings (SSSR count). The Kier molecular flexibility index (Phi) is 4.50. The number of rotatable bonds is 2. The Morgan fingerprint density at radius 2 is 2.04 bits per heavy atom. The zero-order valence-electron chi connectivity index (χ0n) is 12.8. The van der Waals surface area contributed by atoms with E-state index in [1.807, 2.05) is 24.3 Å². The average molecular weight is 332 g/mol. The minimum absolute atomic E-state index is 0.106. The summed E-state index contributed by atoms with van der Waals surface area (Å²) in [5.41, 5.74) is 1.19. The largest absolute Gasteiger partial charge is 0.328 e. The fraction of sp³-hybridized carbons (Fsp3) is 0.294. The molecule has 1 aromatic heterocycles. The highest BCUT2D eigenvalue weighted by atomic mass is 35.5. The van der Waals surface area contributed by atoms with Gasteiger partial charge in [0.1, 0.15) is 5.69 Å². The van der Waals surface area contributed by atoms with Crippen molar-refractivity contribution in [2.24, 2.45) is 7.05 Å². The van der Waals surface area contributed by atoms with Gasteiger partial charge in [0.25, 0.3) is 11.5 Å². The van der Waals surface area contributed by atoms with Crippen LogP contribution in [-0.2, 0) is 7.05 Å². The number of hydrogen-bond donors (Lipinski definition) is 1. The molecule has 1 atom stereocenters. The van der Waals surface area contributed by atoms with Crippen molar-refractivity contribution < 1.29 is 4.79 Å². The molecule has 1 N–H and O–H groups in total. The fourth-order valence-electron chi connectivity index (χ4n) is 2.88. The SMILES string of the molecule is Cn1c(C(=O)N2CCNCC2c2cccc(Cl)c2)cccc1=O. The van der Waals surface area contributed by atoms with Crippen molar-refractivity contribution in [2.45, 2.75) is 6.04 Å². The second kappa shape index (κ2) is 6.56. The van der Waals surface area contributed by atoms with Crippen molar-refractivity contribution >= 4 is 17.5 Å². The van der Waals surface area contributed by atoms with E-state index in [4.69, 9.17) is 11.6 Å². The predicted octanol–water partition coefficient (Wildman–Crippen LogP) is 1.83. The lowest BCUT2D eigenvalue weighted by molar-refractivity contribution is 0.0623. The van der Waals surface area contributed by atoms with Crippen LogP contribution in [0.2, 0.25) is 5.02 Å². The van der Waals surface area contributed by atoms with Crippen molar-refractivity contribution in [3.8, 4) is 0 Å². The number of nitrogens with one attached hydrogen (secondary N) is 1. The fourth-order valence-corrected chi connectivity index (χ4v) is 3.08. The van der Waals surface area contributed by atoms with Gasteiger partial charge < -0.3 is 14.8 Å². The van der Waals surface area contributed by atoms with Crippen LogP contribution < -0.4 is 10.9 Å². The van der Waals surface area contributed by atoms with E-state index in [0.717, 1.165) is 12.1 Å². The van der Waals surface area contributed by atoms with E-state index < -0.39 is 0 Å². The zero-order valence-corrected chi connectivity index (χ0v) is 13.6. The number of halogens is 1. The third-order valence-electron chi connectivity index (χ3n) is 4.14. The average Bonchev–Trinajstić information content (AvgIpc) is 2.57. The Balaban J connectivity index is 1.97. The molecule has 1 aliphatic rings. The number of piperazine rings is 1. The van der Waals surface area contributed by atoms with Crippen LogP contribution in [0.1, 0.15) is 22.1 Å². The van der Waals surface area contributed by atoms with Gasteiger partial charge in [0.2, 0.25) is 0 Å². The molecule has 1 saturated heterocycles. The van der Waals surface area contributed by atoms with Crippen LogP contribution in [0.4, 0.5) is 0 Å². The van der Waals surface area contributed by atoms with Crippen LogP contribution in [0.5, 0.6) is 0 Å². The molecule has 6 heteroatoms. The summed E-state index contributed by atoms with van der Waals surface area (Å²) in [6.45, 7) is 1.97. The molecule has 1 amide bonds. The summed E-state index contributed by atoms with van der Waals surface area (Å²) in [5, 5.41) is 3.96. The number of benzene rings is 1. The molecule has 0 spiro atoms. The van der Waals surface area contributed by atoms with E-state index in [1.54, 1.807) is 24.1 Å². The van der Waals surface area contributed by atoms with Crippen LogP contribution in [0, 0.1) is 0 Å². The van der Waals surface area contributed by atoms with Crippen LogP contribution >= 0.6 is 11.6 Å². The summed E-state index contributed by atoms with van der Waals surface area (Å²) in [6.07, 6.45) is 0. The standard InChI is InChI=1S/C17H18ClN3O2/c1-20-14(6-3-7-16(20)22)17(23)21-9-8-19-11-15(21)12-4-2-5-13(18)10-12/h2-7,10,15,19H,8-9,11H2,1H3. The molecular formula is C17H18ClN3O2. The Hall–Kier alpha value is -2.11. The summed E-state index contributed by atoms with van der Waals surface area (Å²) in [7, 11) is 1.62. The highest BCUT2D eigenvalue weighted by Crippen LogP contribution is 2.26. The second-order valence-corrected chi connectivity index (χ2v) is 6.02. The lowest BCUT2D eigenvalue weighted by atomic mass is 10.0. The van der Waals surface area contributed by atoms with Crippen molar-refractivity contribution in [3.63, 3.8) is 0 Å². The van der Waals surface area contributed by atoms with E-state index >= 15 is 0 Å². The minimum Gasteiger partial charge on any atom is -0.328 e. The molecule has 5 nitrogen and oxygen atoms in total. The summed E-state index contributed by atoms with van der Waals surface area (Å²) in [4.78, 5) is 26.5.